The van der Waals surface area contributed by atoms with Crippen molar-refractivity contribution in [3.05, 3.63) is 30.1 Å². The summed E-state index contributed by atoms with van der Waals surface area (Å²) in [4.78, 5) is 0. The van der Waals surface area contributed by atoms with Crippen molar-refractivity contribution in [1.82, 2.24) is 0 Å². The zero-order chi connectivity index (χ0) is 21.4. The van der Waals surface area contributed by atoms with E-state index >= 15 is 0 Å². The van der Waals surface area contributed by atoms with Crippen molar-refractivity contribution in [3.8, 4) is 5.75 Å². The Hall–Kier alpha value is -0.833. The van der Waals surface area contributed by atoms with Gasteiger partial charge in [-0.05, 0) is 52.7 Å². The summed E-state index contributed by atoms with van der Waals surface area (Å²) in [5, 5.41) is 0.195. The molecule has 0 aliphatic carbocycles. The maximum absolute atomic E-state index is 13.4. The van der Waals surface area contributed by atoms with Crippen molar-refractivity contribution < 1.29 is 8.82 Å². The molecule has 0 aliphatic heterocycles. The zero-order valence-electron chi connectivity index (χ0n) is 19.8. The number of unbranched alkanes of at least 4 members (excludes halogenated alkanes) is 3. The van der Waals surface area contributed by atoms with Crippen LogP contribution in [0.1, 0.15) is 100 Å². The first-order valence-corrected chi connectivity index (χ1v) is 13.5. The lowest BCUT2D eigenvalue weighted by molar-refractivity contribution is 0.383. The number of halogens is 1. The highest BCUT2D eigenvalue weighted by Gasteiger charge is 2.56. The molecule has 1 aromatic rings. The quantitative estimate of drug-likeness (QED) is 0.262. The first-order chi connectivity index (χ1) is 13.0. The van der Waals surface area contributed by atoms with Gasteiger partial charge in [0.25, 0.3) is 8.32 Å². The minimum Gasteiger partial charge on any atom is -0.542 e. The smallest absolute Gasteiger partial charge is 0.261 e. The van der Waals surface area contributed by atoms with Gasteiger partial charge >= 0.3 is 0 Å². The van der Waals surface area contributed by atoms with Gasteiger partial charge in [-0.3, -0.25) is 0 Å². The molecule has 0 radical (unpaired) electrons. The van der Waals surface area contributed by atoms with Crippen LogP contribution in [0, 0.1) is 11.7 Å². The van der Waals surface area contributed by atoms with E-state index in [0.29, 0.717) is 0 Å². The Bertz CT molecular complexity index is 539. The lowest BCUT2D eigenvalue weighted by Crippen LogP contribution is -2.57. The molecule has 0 bridgehead atoms. The lowest BCUT2D eigenvalue weighted by Gasteiger charge is -2.51. The van der Waals surface area contributed by atoms with Crippen molar-refractivity contribution in [1.29, 1.82) is 0 Å². The average molecular weight is 409 g/mol. The van der Waals surface area contributed by atoms with Crippen LogP contribution in [-0.4, -0.2) is 8.32 Å². The van der Waals surface area contributed by atoms with E-state index < -0.39 is 8.32 Å². The minimum atomic E-state index is -2.21. The molecule has 1 rings (SSSR count). The first kappa shape index (κ1) is 25.2. The Morgan fingerprint density at radius 3 is 1.89 bits per heavy atom. The van der Waals surface area contributed by atoms with Crippen LogP contribution in [0.25, 0.3) is 0 Å². The van der Waals surface area contributed by atoms with Gasteiger partial charge in [-0.2, -0.15) is 0 Å². The third-order valence-electron chi connectivity index (χ3n) is 6.48. The molecule has 1 atom stereocenters. The van der Waals surface area contributed by atoms with Crippen LogP contribution in [0.4, 0.5) is 4.39 Å². The van der Waals surface area contributed by atoms with Crippen LogP contribution in [0.15, 0.2) is 24.3 Å². The molecule has 0 saturated heterocycles. The lowest BCUT2D eigenvalue weighted by atomic mass is 9.96. The van der Waals surface area contributed by atoms with Gasteiger partial charge in [0.2, 0.25) is 0 Å². The molecule has 28 heavy (non-hydrogen) atoms. The van der Waals surface area contributed by atoms with E-state index in [4.69, 9.17) is 4.43 Å². The number of hydrogen-bond donors (Lipinski definition) is 0. The van der Waals surface area contributed by atoms with E-state index in [9.17, 15) is 4.39 Å². The SMILES string of the molecule is CCCCCCC(CC)CC[Si](Oc1ccc(F)cc1)(C(C)(C)C)C(C)(C)C. The van der Waals surface area contributed by atoms with Gasteiger partial charge in [-0.15, -0.1) is 0 Å². The monoisotopic (exact) mass is 408 g/mol. The second-order valence-electron chi connectivity index (χ2n) is 10.5. The average Bonchev–Trinajstić information content (AvgIpc) is 2.59. The molecule has 1 nitrogen and oxygen atoms in total. The molecule has 1 aromatic carbocycles. The molecule has 0 heterocycles. The van der Waals surface area contributed by atoms with E-state index in [0.717, 1.165) is 17.7 Å². The fraction of sp³-hybridized carbons (Fsp3) is 0.760. The van der Waals surface area contributed by atoms with Crippen LogP contribution >= 0.6 is 0 Å². The molecule has 0 fully saturated rings. The van der Waals surface area contributed by atoms with Crippen molar-refractivity contribution in [3.63, 3.8) is 0 Å². The topological polar surface area (TPSA) is 9.23 Å². The predicted octanol–water partition coefficient (Wildman–Crippen LogP) is 9.14. The van der Waals surface area contributed by atoms with Gasteiger partial charge in [0.1, 0.15) is 11.6 Å². The molecule has 1 unspecified atom stereocenters. The highest BCUT2D eigenvalue weighted by atomic mass is 28.4. The summed E-state index contributed by atoms with van der Waals surface area (Å²) < 4.78 is 20.3. The predicted molar refractivity (Wildman–Crippen MR) is 124 cm³/mol. The van der Waals surface area contributed by atoms with Crippen molar-refractivity contribution >= 4 is 8.32 Å². The maximum atomic E-state index is 13.4. The number of benzene rings is 1. The van der Waals surface area contributed by atoms with Gasteiger partial charge in [0.15, 0.2) is 0 Å². The number of rotatable bonds is 11. The molecular formula is C25H45FOSi. The van der Waals surface area contributed by atoms with Gasteiger partial charge in [0.05, 0.1) is 0 Å². The molecule has 3 heteroatoms. The summed E-state index contributed by atoms with van der Waals surface area (Å²) in [6.45, 7) is 18.7. The zero-order valence-corrected chi connectivity index (χ0v) is 20.8. The van der Waals surface area contributed by atoms with Gasteiger partial charge in [-0.1, -0.05) is 93.9 Å². The summed E-state index contributed by atoms with van der Waals surface area (Å²) >= 11 is 0. The Kier molecular flexibility index (Phi) is 9.72. The Morgan fingerprint density at radius 1 is 0.857 bits per heavy atom. The van der Waals surface area contributed by atoms with Crippen LogP contribution in [0.2, 0.25) is 16.1 Å². The van der Waals surface area contributed by atoms with Crippen molar-refractivity contribution in [2.75, 3.05) is 0 Å². The molecule has 0 aromatic heterocycles. The molecule has 0 N–H and O–H groups in total. The summed E-state index contributed by atoms with van der Waals surface area (Å²) in [5.41, 5.74) is 0. The second kappa shape index (κ2) is 10.8. The summed E-state index contributed by atoms with van der Waals surface area (Å²) in [6, 6.07) is 7.79. The van der Waals surface area contributed by atoms with E-state index in [1.54, 1.807) is 12.1 Å². The standard InChI is InChI=1S/C25H45FOSi/c1-9-11-12-13-14-21(10-2)19-20-28(24(3,4)5,25(6,7)8)27-23-17-15-22(26)16-18-23/h15-18,21H,9-14,19-20H2,1-8H3. The molecular weight excluding hydrogens is 363 g/mol. The van der Waals surface area contributed by atoms with Crippen molar-refractivity contribution in [2.45, 2.75) is 116 Å². The van der Waals surface area contributed by atoms with E-state index in [1.807, 2.05) is 0 Å². The van der Waals surface area contributed by atoms with E-state index in [2.05, 4.69) is 55.4 Å². The van der Waals surface area contributed by atoms with Crippen LogP contribution in [0.3, 0.4) is 0 Å². The third kappa shape index (κ3) is 6.90. The highest BCUT2D eigenvalue weighted by molar-refractivity contribution is 6.80. The molecule has 0 aliphatic rings. The molecule has 0 amide bonds. The first-order valence-electron chi connectivity index (χ1n) is 11.4. The largest absolute Gasteiger partial charge is 0.542 e. The van der Waals surface area contributed by atoms with E-state index in [1.165, 1.54) is 57.1 Å². The van der Waals surface area contributed by atoms with Crippen molar-refractivity contribution in [2.24, 2.45) is 5.92 Å². The molecule has 0 spiro atoms. The Balaban J connectivity index is 3.04. The summed E-state index contributed by atoms with van der Waals surface area (Å²) in [7, 11) is -2.21. The normalized spacial score (nSPS) is 14.2. The fourth-order valence-electron chi connectivity index (χ4n) is 4.76. The Morgan fingerprint density at radius 2 is 1.43 bits per heavy atom. The summed E-state index contributed by atoms with van der Waals surface area (Å²) in [5.74, 6) is 1.41. The number of hydrogen-bond acceptors (Lipinski definition) is 1. The molecule has 162 valence electrons. The van der Waals surface area contributed by atoms with Gasteiger partial charge in [-0.25, -0.2) is 4.39 Å². The third-order valence-corrected chi connectivity index (χ3v) is 12.9. The van der Waals surface area contributed by atoms with Gasteiger partial charge < -0.3 is 4.43 Å². The van der Waals surface area contributed by atoms with Gasteiger partial charge in [0, 0.05) is 0 Å². The maximum Gasteiger partial charge on any atom is 0.261 e. The summed E-state index contributed by atoms with van der Waals surface area (Å²) in [6.07, 6.45) is 9.20. The van der Waals surface area contributed by atoms with Crippen LogP contribution < -0.4 is 4.43 Å². The van der Waals surface area contributed by atoms with Crippen LogP contribution in [0.5, 0.6) is 5.75 Å². The second-order valence-corrected chi connectivity index (χ2v) is 15.9. The minimum absolute atomic E-state index is 0.0974. The van der Waals surface area contributed by atoms with E-state index in [-0.39, 0.29) is 15.9 Å². The molecule has 0 saturated carbocycles. The highest BCUT2D eigenvalue weighted by Crippen LogP contribution is 2.54. The fourth-order valence-corrected chi connectivity index (χ4v) is 10.6. The Labute approximate surface area is 175 Å². The van der Waals surface area contributed by atoms with Crippen LogP contribution in [-0.2, 0) is 0 Å².